The number of nitrogens with zero attached hydrogens (tertiary/aromatic N) is 1. The number of rotatable bonds is 5. The minimum absolute atomic E-state index is 0.0496. The summed E-state index contributed by atoms with van der Waals surface area (Å²) in [6.07, 6.45) is -6.16. The van der Waals surface area contributed by atoms with E-state index in [0.717, 1.165) is 24.8 Å². The van der Waals surface area contributed by atoms with Gasteiger partial charge in [-0.3, -0.25) is 4.99 Å². The van der Waals surface area contributed by atoms with Crippen molar-refractivity contribution >= 4 is 11.6 Å². The highest BCUT2D eigenvalue weighted by molar-refractivity contribution is 5.94. The molecule has 0 aromatic heterocycles. The van der Waals surface area contributed by atoms with Crippen molar-refractivity contribution in [1.29, 1.82) is 0 Å². The van der Waals surface area contributed by atoms with Crippen LogP contribution in [0.1, 0.15) is 42.4 Å². The molecule has 0 aliphatic heterocycles. The van der Waals surface area contributed by atoms with E-state index in [9.17, 15) is 31.4 Å². The third-order valence-corrected chi connectivity index (χ3v) is 5.60. The topological polar surface area (TPSA) is 82.7 Å². The molecule has 0 amide bonds. The van der Waals surface area contributed by atoms with E-state index in [-0.39, 0.29) is 42.1 Å². The molecule has 5 nitrogen and oxygen atoms in total. The highest BCUT2D eigenvalue weighted by Gasteiger charge is 2.37. The summed E-state index contributed by atoms with van der Waals surface area (Å²) in [5, 5.41) is 15.1. The summed E-state index contributed by atoms with van der Waals surface area (Å²) >= 11 is 0. The number of alkyl halides is 6. The molecule has 3 rings (SSSR count). The largest absolute Gasteiger partial charge is 0.508 e. The van der Waals surface area contributed by atoms with Gasteiger partial charge in [0.15, 0.2) is 5.96 Å². The smallest absolute Gasteiger partial charge is 0.416 e. The molecule has 186 valence electrons. The molecule has 11 heteroatoms. The number of guanidine groups is 1. The number of anilines is 1. The molecular weight excluding hydrogens is 462 g/mol. The normalized spacial score (nSPS) is 19.7. The van der Waals surface area contributed by atoms with Crippen LogP contribution in [0, 0.1) is 0 Å². The molecule has 0 saturated heterocycles. The van der Waals surface area contributed by atoms with E-state index in [1.165, 1.54) is 12.1 Å². The third kappa shape index (κ3) is 7.28. The highest BCUT2D eigenvalue weighted by Crippen LogP contribution is 2.37. The zero-order chi connectivity index (χ0) is 24.9. The van der Waals surface area contributed by atoms with Crippen LogP contribution in [0.3, 0.4) is 0 Å². The molecule has 1 saturated carbocycles. The Balaban J connectivity index is 1.86. The molecule has 2 aromatic carbocycles. The van der Waals surface area contributed by atoms with Crippen LogP contribution >= 0.6 is 0 Å². The molecule has 2 aromatic rings. The molecule has 1 aliphatic carbocycles. The summed E-state index contributed by atoms with van der Waals surface area (Å²) in [5.74, 6) is 0.154. The van der Waals surface area contributed by atoms with Crippen LogP contribution in [0.2, 0.25) is 0 Å². The van der Waals surface area contributed by atoms with Crippen LogP contribution < -0.4 is 16.4 Å². The van der Waals surface area contributed by atoms with E-state index in [0.29, 0.717) is 25.0 Å². The first kappa shape index (κ1) is 25.7. The Hall–Kier alpha value is -2.95. The van der Waals surface area contributed by atoms with Crippen molar-refractivity contribution in [3.05, 3.63) is 59.2 Å². The minimum atomic E-state index is -4.95. The standard InChI is InChI=1S/C23H26F6N4O/c24-22(25,26)15-11-16(23(27,28)29)13-17(12-15)32-21(33-20-4-2-1-3-19(20)30)31-10-9-14-5-7-18(34)8-6-14/h5-8,11-13,19-20,34H,1-4,9-10,30H2,(H2,31,32,33)/t19-,20-/m0/s1. The van der Waals surface area contributed by atoms with Gasteiger partial charge in [-0.25, -0.2) is 0 Å². The van der Waals surface area contributed by atoms with Gasteiger partial charge in [0.05, 0.1) is 11.1 Å². The van der Waals surface area contributed by atoms with Gasteiger partial charge in [-0.2, -0.15) is 26.3 Å². The number of phenols is 1. The van der Waals surface area contributed by atoms with Gasteiger partial charge in [-0.1, -0.05) is 25.0 Å². The second kappa shape index (κ2) is 10.5. The second-order valence-electron chi connectivity index (χ2n) is 8.27. The van der Waals surface area contributed by atoms with Gasteiger partial charge in [0, 0.05) is 24.3 Å². The Morgan fingerprint density at radius 3 is 2.09 bits per heavy atom. The Morgan fingerprint density at radius 2 is 1.53 bits per heavy atom. The maximum absolute atomic E-state index is 13.2. The lowest BCUT2D eigenvalue weighted by Crippen LogP contribution is -2.51. The molecular formula is C23H26F6N4O. The van der Waals surface area contributed by atoms with Crippen LogP contribution in [0.15, 0.2) is 47.5 Å². The van der Waals surface area contributed by atoms with Gasteiger partial charge >= 0.3 is 12.4 Å². The Labute approximate surface area is 193 Å². The summed E-state index contributed by atoms with van der Waals surface area (Å²) < 4.78 is 79.4. The predicted molar refractivity (Wildman–Crippen MR) is 118 cm³/mol. The second-order valence-corrected chi connectivity index (χ2v) is 8.27. The molecule has 2 atom stereocenters. The molecule has 0 bridgehead atoms. The van der Waals surface area contributed by atoms with Crippen LogP contribution in [-0.4, -0.2) is 29.7 Å². The number of aromatic hydroxyl groups is 1. The lowest BCUT2D eigenvalue weighted by molar-refractivity contribution is -0.143. The number of hydrogen-bond donors (Lipinski definition) is 4. The van der Waals surface area contributed by atoms with E-state index in [1.807, 2.05) is 0 Å². The zero-order valence-corrected chi connectivity index (χ0v) is 18.2. The highest BCUT2D eigenvalue weighted by atomic mass is 19.4. The molecule has 0 heterocycles. The number of nitrogens with two attached hydrogens (primary N) is 1. The summed E-state index contributed by atoms with van der Waals surface area (Å²) in [7, 11) is 0. The predicted octanol–water partition coefficient (Wildman–Crippen LogP) is 5.30. The van der Waals surface area contributed by atoms with E-state index in [4.69, 9.17) is 5.73 Å². The summed E-state index contributed by atoms with van der Waals surface area (Å²) in [6, 6.07) is 7.30. The van der Waals surface area contributed by atoms with Gasteiger partial charge in [-0.15, -0.1) is 0 Å². The zero-order valence-electron chi connectivity index (χ0n) is 18.2. The van der Waals surface area contributed by atoms with Crippen molar-refractivity contribution in [1.82, 2.24) is 5.32 Å². The van der Waals surface area contributed by atoms with E-state index >= 15 is 0 Å². The van der Waals surface area contributed by atoms with Crippen LogP contribution in [0.5, 0.6) is 5.75 Å². The lowest BCUT2D eigenvalue weighted by Gasteiger charge is -2.30. The average Bonchev–Trinajstić information content (AvgIpc) is 2.75. The number of nitrogens with one attached hydrogen (secondary N) is 2. The maximum atomic E-state index is 13.2. The van der Waals surface area contributed by atoms with Crippen molar-refractivity contribution < 1.29 is 31.4 Å². The number of hydrogen-bond acceptors (Lipinski definition) is 3. The molecule has 0 spiro atoms. The summed E-state index contributed by atoms with van der Waals surface area (Å²) in [6.45, 7) is 0.202. The molecule has 1 fully saturated rings. The fourth-order valence-corrected chi connectivity index (χ4v) is 3.76. The molecule has 0 radical (unpaired) electrons. The monoisotopic (exact) mass is 488 g/mol. The van der Waals surface area contributed by atoms with Crippen molar-refractivity contribution in [2.45, 2.75) is 56.5 Å². The third-order valence-electron chi connectivity index (χ3n) is 5.60. The average molecular weight is 488 g/mol. The van der Waals surface area contributed by atoms with Crippen molar-refractivity contribution in [2.24, 2.45) is 10.7 Å². The summed E-state index contributed by atoms with van der Waals surface area (Å²) in [5.41, 5.74) is 3.79. The quantitative estimate of drug-likeness (QED) is 0.262. The number of benzene rings is 2. The number of aliphatic imine (C=N–C) groups is 1. The number of phenolic OH excluding ortho intramolecular Hbond substituents is 1. The lowest BCUT2D eigenvalue weighted by atomic mass is 9.91. The van der Waals surface area contributed by atoms with E-state index < -0.39 is 23.5 Å². The van der Waals surface area contributed by atoms with Crippen LogP contribution in [0.4, 0.5) is 32.0 Å². The van der Waals surface area contributed by atoms with E-state index in [2.05, 4.69) is 15.6 Å². The van der Waals surface area contributed by atoms with Crippen LogP contribution in [-0.2, 0) is 18.8 Å². The molecule has 1 aliphatic rings. The SMILES string of the molecule is N[C@H]1CCCC[C@@H]1NC(=NCCc1ccc(O)cc1)Nc1cc(C(F)(F)F)cc(C(F)(F)F)c1. The van der Waals surface area contributed by atoms with E-state index in [1.54, 1.807) is 12.1 Å². The summed E-state index contributed by atoms with van der Waals surface area (Å²) in [4.78, 5) is 4.36. The van der Waals surface area contributed by atoms with Crippen molar-refractivity contribution in [3.63, 3.8) is 0 Å². The first-order valence-corrected chi connectivity index (χ1v) is 10.8. The Morgan fingerprint density at radius 1 is 0.941 bits per heavy atom. The first-order chi connectivity index (χ1) is 15.9. The fraction of sp³-hybridized carbons (Fsp3) is 0.435. The minimum Gasteiger partial charge on any atom is -0.508 e. The first-order valence-electron chi connectivity index (χ1n) is 10.8. The molecule has 34 heavy (non-hydrogen) atoms. The van der Waals surface area contributed by atoms with Gasteiger partial charge in [-0.05, 0) is 55.2 Å². The van der Waals surface area contributed by atoms with Crippen molar-refractivity contribution in [2.75, 3.05) is 11.9 Å². The van der Waals surface area contributed by atoms with Crippen LogP contribution in [0.25, 0.3) is 0 Å². The van der Waals surface area contributed by atoms with Gasteiger partial charge in [0.2, 0.25) is 0 Å². The fourth-order valence-electron chi connectivity index (χ4n) is 3.76. The Bertz CT molecular complexity index is 956. The van der Waals surface area contributed by atoms with Crippen molar-refractivity contribution in [3.8, 4) is 5.75 Å². The Kier molecular flexibility index (Phi) is 7.96. The molecule has 5 N–H and O–H groups in total. The number of halogens is 6. The van der Waals surface area contributed by atoms with Gasteiger partial charge < -0.3 is 21.5 Å². The molecule has 0 unspecified atom stereocenters. The maximum Gasteiger partial charge on any atom is 0.416 e. The van der Waals surface area contributed by atoms with Gasteiger partial charge in [0.25, 0.3) is 0 Å². The van der Waals surface area contributed by atoms with Gasteiger partial charge in [0.1, 0.15) is 5.75 Å².